The van der Waals surface area contributed by atoms with Gasteiger partial charge in [0.25, 0.3) is 0 Å². The zero-order valence-electron chi connectivity index (χ0n) is 18.7. The maximum absolute atomic E-state index is 12.8. The first-order valence-corrected chi connectivity index (χ1v) is 11.4. The van der Waals surface area contributed by atoms with E-state index in [1.54, 1.807) is 0 Å². The average molecular weight is 413 g/mol. The molecule has 6 nitrogen and oxygen atoms in total. The zero-order valence-corrected chi connectivity index (χ0v) is 18.7. The van der Waals surface area contributed by atoms with Crippen molar-refractivity contribution in [2.24, 2.45) is 5.41 Å². The minimum Gasteiger partial charge on any atom is -0.356 e. The molecule has 0 bridgehead atoms. The highest BCUT2D eigenvalue weighted by Crippen LogP contribution is 2.19. The highest BCUT2D eigenvalue weighted by molar-refractivity contribution is 5.81. The van der Waals surface area contributed by atoms with Crippen molar-refractivity contribution in [1.29, 1.82) is 0 Å². The second kappa shape index (κ2) is 10.1. The quantitative estimate of drug-likeness (QED) is 0.701. The van der Waals surface area contributed by atoms with Crippen LogP contribution in [-0.4, -0.2) is 45.9 Å². The van der Waals surface area contributed by atoms with E-state index in [4.69, 9.17) is 4.98 Å². The Morgan fingerprint density at radius 2 is 1.77 bits per heavy atom. The number of likely N-dealkylation sites (tertiary alicyclic amines) is 1. The van der Waals surface area contributed by atoms with Crippen LogP contribution in [0.25, 0.3) is 11.0 Å². The second-order valence-corrected chi connectivity index (χ2v) is 9.32. The topological polar surface area (TPSA) is 67.2 Å². The molecule has 1 fully saturated rings. The fourth-order valence-corrected chi connectivity index (χ4v) is 3.96. The molecule has 0 radical (unpaired) electrons. The normalized spacial score (nSPS) is 15.2. The summed E-state index contributed by atoms with van der Waals surface area (Å²) in [5.74, 6) is 1.31. The number of carbonyl (C=O) groups excluding carboxylic acids is 2. The molecule has 30 heavy (non-hydrogen) atoms. The van der Waals surface area contributed by atoms with Gasteiger partial charge in [-0.15, -0.1) is 0 Å². The van der Waals surface area contributed by atoms with Crippen LogP contribution in [0.15, 0.2) is 24.3 Å². The summed E-state index contributed by atoms with van der Waals surface area (Å²) in [6.45, 7) is 8.83. The highest BCUT2D eigenvalue weighted by Gasteiger charge is 2.21. The third-order valence-electron chi connectivity index (χ3n) is 5.79. The number of aryl methyl sites for hydroxylation is 2. The van der Waals surface area contributed by atoms with Gasteiger partial charge in [0.1, 0.15) is 5.82 Å². The van der Waals surface area contributed by atoms with E-state index in [0.717, 1.165) is 55.6 Å². The monoisotopic (exact) mass is 412 g/mol. The number of rotatable bonds is 7. The van der Waals surface area contributed by atoms with Crippen LogP contribution in [-0.2, 0) is 22.6 Å². The van der Waals surface area contributed by atoms with Gasteiger partial charge in [0.05, 0.1) is 11.0 Å². The van der Waals surface area contributed by atoms with Crippen LogP contribution < -0.4 is 5.32 Å². The molecular formula is C24H36N4O2. The van der Waals surface area contributed by atoms with Gasteiger partial charge in [0, 0.05) is 44.4 Å². The van der Waals surface area contributed by atoms with Crippen LogP contribution in [0.5, 0.6) is 0 Å². The number of imidazole rings is 1. The van der Waals surface area contributed by atoms with E-state index >= 15 is 0 Å². The van der Waals surface area contributed by atoms with Gasteiger partial charge in [-0.1, -0.05) is 45.7 Å². The number of para-hydroxylation sites is 2. The van der Waals surface area contributed by atoms with Crippen molar-refractivity contribution >= 4 is 22.8 Å². The molecule has 3 rings (SSSR count). The van der Waals surface area contributed by atoms with Crippen LogP contribution in [0.1, 0.15) is 65.1 Å². The Labute approximate surface area is 180 Å². The molecule has 1 saturated heterocycles. The molecule has 1 aromatic carbocycles. The van der Waals surface area contributed by atoms with E-state index in [1.807, 2.05) is 43.9 Å². The lowest BCUT2D eigenvalue weighted by molar-refractivity contribution is -0.131. The smallest absolute Gasteiger partial charge is 0.225 e. The number of fused-ring (bicyclic) bond motifs is 1. The molecular weight excluding hydrogens is 376 g/mol. The first-order valence-electron chi connectivity index (χ1n) is 11.4. The van der Waals surface area contributed by atoms with E-state index < -0.39 is 0 Å². The van der Waals surface area contributed by atoms with Crippen molar-refractivity contribution in [2.45, 2.75) is 72.3 Å². The van der Waals surface area contributed by atoms with Crippen molar-refractivity contribution in [3.8, 4) is 0 Å². The molecule has 0 aliphatic carbocycles. The van der Waals surface area contributed by atoms with Crippen LogP contribution in [0, 0.1) is 5.41 Å². The number of carbonyl (C=O) groups is 2. The standard InChI is InChI=1S/C24H36N4O2/c1-24(2,3)23(30)25-15-10-13-21-26-19-11-6-7-12-20(19)28(21)18-14-22(29)27-16-8-4-5-9-17-27/h6-7,11-12H,4-5,8-10,13-18H2,1-3H3,(H,25,30). The van der Waals surface area contributed by atoms with Crippen molar-refractivity contribution in [3.63, 3.8) is 0 Å². The van der Waals surface area contributed by atoms with Gasteiger partial charge in [-0.2, -0.15) is 0 Å². The second-order valence-electron chi connectivity index (χ2n) is 9.32. The largest absolute Gasteiger partial charge is 0.356 e. The molecule has 2 heterocycles. The predicted octanol–water partition coefficient (Wildman–Crippen LogP) is 3.92. The van der Waals surface area contributed by atoms with Crippen LogP contribution in [0.3, 0.4) is 0 Å². The minimum absolute atomic E-state index is 0.0686. The van der Waals surface area contributed by atoms with Crippen LogP contribution >= 0.6 is 0 Å². The van der Waals surface area contributed by atoms with Gasteiger partial charge < -0.3 is 14.8 Å². The van der Waals surface area contributed by atoms with Crippen molar-refractivity contribution in [2.75, 3.05) is 19.6 Å². The summed E-state index contributed by atoms with van der Waals surface area (Å²) in [6.07, 6.45) is 6.80. The molecule has 1 aromatic heterocycles. The summed E-state index contributed by atoms with van der Waals surface area (Å²) >= 11 is 0. The Morgan fingerprint density at radius 1 is 1.07 bits per heavy atom. The predicted molar refractivity (Wildman–Crippen MR) is 120 cm³/mol. The molecule has 0 unspecified atom stereocenters. The lowest BCUT2D eigenvalue weighted by Gasteiger charge is -2.21. The first-order chi connectivity index (χ1) is 14.4. The first kappa shape index (κ1) is 22.3. The molecule has 1 N–H and O–H groups in total. The van der Waals surface area contributed by atoms with Gasteiger partial charge in [-0.25, -0.2) is 4.98 Å². The average Bonchev–Trinajstić information content (AvgIpc) is 2.87. The SMILES string of the molecule is CC(C)(C)C(=O)NCCCc1nc2ccccc2n1CCC(=O)N1CCCCCC1. The number of benzene rings is 1. The Morgan fingerprint density at radius 3 is 2.47 bits per heavy atom. The van der Waals surface area contributed by atoms with Crippen LogP contribution in [0.2, 0.25) is 0 Å². The lowest BCUT2D eigenvalue weighted by Crippen LogP contribution is -2.35. The molecule has 1 aliphatic heterocycles. The number of nitrogens with one attached hydrogen (secondary N) is 1. The summed E-state index contributed by atoms with van der Waals surface area (Å²) in [6, 6.07) is 8.11. The fourth-order valence-electron chi connectivity index (χ4n) is 3.96. The maximum Gasteiger partial charge on any atom is 0.225 e. The highest BCUT2D eigenvalue weighted by atomic mass is 16.2. The molecule has 0 saturated carbocycles. The molecule has 6 heteroatoms. The number of aromatic nitrogens is 2. The van der Waals surface area contributed by atoms with E-state index in [2.05, 4.69) is 16.0 Å². The van der Waals surface area contributed by atoms with Crippen molar-refractivity contribution < 1.29 is 9.59 Å². The molecule has 0 spiro atoms. The minimum atomic E-state index is -0.374. The van der Waals surface area contributed by atoms with Gasteiger partial charge >= 0.3 is 0 Å². The zero-order chi connectivity index (χ0) is 21.6. The lowest BCUT2D eigenvalue weighted by atomic mass is 9.96. The Hall–Kier alpha value is -2.37. The molecule has 2 aromatic rings. The Kier molecular flexibility index (Phi) is 7.51. The van der Waals surface area contributed by atoms with E-state index in [9.17, 15) is 9.59 Å². The van der Waals surface area contributed by atoms with E-state index in [0.29, 0.717) is 19.5 Å². The number of hydrogen-bond acceptors (Lipinski definition) is 3. The Bertz CT molecular complexity index is 858. The summed E-state index contributed by atoms with van der Waals surface area (Å²) in [5, 5.41) is 3.01. The summed E-state index contributed by atoms with van der Waals surface area (Å²) in [5.41, 5.74) is 1.67. The summed E-state index contributed by atoms with van der Waals surface area (Å²) in [4.78, 5) is 31.7. The van der Waals surface area contributed by atoms with Gasteiger partial charge in [0.15, 0.2) is 0 Å². The van der Waals surface area contributed by atoms with E-state index in [1.165, 1.54) is 12.8 Å². The summed E-state index contributed by atoms with van der Waals surface area (Å²) < 4.78 is 2.19. The summed E-state index contributed by atoms with van der Waals surface area (Å²) in [7, 11) is 0. The van der Waals surface area contributed by atoms with Gasteiger partial charge in [0.2, 0.25) is 11.8 Å². The molecule has 0 atom stereocenters. The molecule has 2 amide bonds. The van der Waals surface area contributed by atoms with Crippen molar-refractivity contribution in [1.82, 2.24) is 19.8 Å². The number of amides is 2. The third-order valence-corrected chi connectivity index (χ3v) is 5.79. The van der Waals surface area contributed by atoms with Crippen LogP contribution in [0.4, 0.5) is 0 Å². The van der Waals surface area contributed by atoms with Gasteiger partial charge in [-0.05, 0) is 31.4 Å². The maximum atomic E-state index is 12.8. The third kappa shape index (κ3) is 5.83. The van der Waals surface area contributed by atoms with Crippen molar-refractivity contribution in [3.05, 3.63) is 30.1 Å². The fraction of sp³-hybridized carbons (Fsp3) is 0.625. The number of nitrogens with zero attached hydrogens (tertiary/aromatic N) is 3. The molecule has 164 valence electrons. The Balaban J connectivity index is 1.63. The van der Waals surface area contributed by atoms with E-state index in [-0.39, 0.29) is 17.2 Å². The van der Waals surface area contributed by atoms with Gasteiger partial charge in [-0.3, -0.25) is 9.59 Å². The number of hydrogen-bond donors (Lipinski definition) is 1. The molecule has 1 aliphatic rings.